The van der Waals surface area contributed by atoms with E-state index in [0.29, 0.717) is 37.6 Å². The first-order valence-electron chi connectivity index (χ1n) is 9.67. The van der Waals surface area contributed by atoms with Crippen LogP contribution in [0.1, 0.15) is 24.0 Å². The molecule has 7 nitrogen and oxygen atoms in total. The first-order chi connectivity index (χ1) is 13.6. The molecule has 1 aliphatic carbocycles. The minimum atomic E-state index is -0.794. The van der Waals surface area contributed by atoms with Crippen LogP contribution >= 0.6 is 0 Å². The van der Waals surface area contributed by atoms with Gasteiger partial charge in [0.05, 0.1) is 19.5 Å². The Morgan fingerprint density at radius 1 is 1.11 bits per heavy atom. The molecule has 0 saturated carbocycles. The Balaban J connectivity index is 1.37. The van der Waals surface area contributed by atoms with E-state index in [9.17, 15) is 4.79 Å². The zero-order chi connectivity index (χ0) is 19.6. The third-order valence-electron chi connectivity index (χ3n) is 5.89. The van der Waals surface area contributed by atoms with Gasteiger partial charge in [0.1, 0.15) is 5.60 Å². The monoisotopic (exact) mass is 382 g/mol. The zero-order valence-electron chi connectivity index (χ0n) is 16.4. The lowest BCUT2D eigenvalue weighted by Gasteiger charge is -2.40. The van der Waals surface area contributed by atoms with Crippen LogP contribution in [-0.2, 0) is 22.4 Å². The molecular weight excluding hydrogens is 356 g/mol. The Labute approximate surface area is 165 Å². The van der Waals surface area contributed by atoms with Crippen molar-refractivity contribution in [1.82, 2.24) is 15.3 Å². The number of rotatable bonds is 5. The number of nitrogens with zero attached hydrogens (tertiary/aromatic N) is 3. The van der Waals surface area contributed by atoms with Gasteiger partial charge in [-0.2, -0.15) is 0 Å². The summed E-state index contributed by atoms with van der Waals surface area (Å²) in [6.45, 7) is 1.33. The van der Waals surface area contributed by atoms with Crippen LogP contribution in [0.15, 0.2) is 36.7 Å². The lowest BCUT2D eigenvalue weighted by atomic mass is 9.89. The zero-order valence-corrected chi connectivity index (χ0v) is 16.4. The third kappa shape index (κ3) is 3.54. The Hall–Kier alpha value is -2.67. The number of methoxy groups -OCH3 is 2. The average Bonchev–Trinajstić information content (AvgIpc) is 3.16. The summed E-state index contributed by atoms with van der Waals surface area (Å²) in [6, 6.07) is 8.52. The number of amides is 1. The molecule has 1 fully saturated rings. The van der Waals surface area contributed by atoms with E-state index in [1.54, 1.807) is 26.6 Å². The van der Waals surface area contributed by atoms with Gasteiger partial charge in [-0.25, -0.2) is 9.97 Å². The molecule has 7 heteroatoms. The lowest BCUT2D eigenvalue weighted by molar-refractivity contribution is -0.146. The quantitative estimate of drug-likeness (QED) is 0.849. The highest BCUT2D eigenvalue weighted by atomic mass is 16.5. The molecule has 1 amide bonds. The van der Waals surface area contributed by atoms with E-state index in [2.05, 4.69) is 44.5 Å². The van der Waals surface area contributed by atoms with E-state index in [0.717, 1.165) is 12.8 Å². The number of benzene rings is 1. The molecular formula is C21H26N4O3. The highest BCUT2D eigenvalue weighted by molar-refractivity contribution is 5.86. The van der Waals surface area contributed by atoms with Gasteiger partial charge in [0, 0.05) is 39.1 Å². The van der Waals surface area contributed by atoms with Crippen LogP contribution in [0.3, 0.4) is 0 Å². The van der Waals surface area contributed by atoms with Gasteiger partial charge in [-0.1, -0.05) is 24.3 Å². The van der Waals surface area contributed by atoms with Gasteiger partial charge < -0.3 is 19.7 Å². The van der Waals surface area contributed by atoms with Crippen molar-refractivity contribution >= 4 is 11.9 Å². The first kappa shape index (κ1) is 18.7. The number of hydrogen-bond acceptors (Lipinski definition) is 6. The maximum atomic E-state index is 13.1. The van der Waals surface area contributed by atoms with Crippen molar-refractivity contribution in [3.05, 3.63) is 47.8 Å². The summed E-state index contributed by atoms with van der Waals surface area (Å²) < 4.78 is 10.9. The van der Waals surface area contributed by atoms with Crippen molar-refractivity contribution in [2.24, 2.45) is 0 Å². The van der Waals surface area contributed by atoms with Crippen LogP contribution in [0.25, 0.3) is 0 Å². The molecule has 2 aromatic rings. The predicted octanol–water partition coefficient (Wildman–Crippen LogP) is 1.75. The minimum Gasteiger partial charge on any atom is -0.494 e. The maximum absolute atomic E-state index is 13.1. The van der Waals surface area contributed by atoms with Gasteiger partial charge in [-0.3, -0.25) is 4.79 Å². The van der Waals surface area contributed by atoms with Crippen molar-refractivity contribution in [3.63, 3.8) is 0 Å². The minimum absolute atomic E-state index is 0.0110. The highest BCUT2D eigenvalue weighted by Gasteiger charge is 2.43. The van der Waals surface area contributed by atoms with Crippen LogP contribution in [-0.4, -0.2) is 54.8 Å². The number of ether oxygens (including phenoxy) is 2. The topological polar surface area (TPSA) is 76.6 Å². The maximum Gasteiger partial charge on any atom is 0.252 e. The van der Waals surface area contributed by atoms with E-state index in [-0.39, 0.29) is 11.9 Å². The molecule has 0 unspecified atom stereocenters. The Bertz CT molecular complexity index is 807. The first-order valence-corrected chi connectivity index (χ1v) is 9.67. The average molecular weight is 382 g/mol. The molecule has 0 bridgehead atoms. The summed E-state index contributed by atoms with van der Waals surface area (Å²) in [7, 11) is 3.22. The number of anilines is 1. The summed E-state index contributed by atoms with van der Waals surface area (Å²) in [5, 5.41) is 3.23. The van der Waals surface area contributed by atoms with Crippen LogP contribution in [0.2, 0.25) is 0 Å². The van der Waals surface area contributed by atoms with E-state index in [4.69, 9.17) is 9.47 Å². The summed E-state index contributed by atoms with van der Waals surface area (Å²) in [4.78, 5) is 23.9. The number of aromatic nitrogens is 2. The number of carbonyl (C=O) groups is 1. The molecule has 0 radical (unpaired) electrons. The predicted molar refractivity (Wildman–Crippen MR) is 106 cm³/mol. The summed E-state index contributed by atoms with van der Waals surface area (Å²) in [5.74, 6) is 1.27. The van der Waals surface area contributed by atoms with Crippen molar-refractivity contribution in [1.29, 1.82) is 0 Å². The normalized spacial score (nSPS) is 18.6. The number of fused-ring (bicyclic) bond motifs is 1. The summed E-state index contributed by atoms with van der Waals surface area (Å²) in [5.41, 5.74) is 1.86. The molecule has 2 aliphatic rings. The van der Waals surface area contributed by atoms with E-state index in [1.165, 1.54) is 11.1 Å². The molecule has 28 heavy (non-hydrogen) atoms. The van der Waals surface area contributed by atoms with Crippen molar-refractivity contribution in [2.45, 2.75) is 37.3 Å². The molecule has 1 aromatic heterocycles. The van der Waals surface area contributed by atoms with Gasteiger partial charge >= 0.3 is 0 Å². The van der Waals surface area contributed by atoms with E-state index < -0.39 is 5.60 Å². The fourth-order valence-electron chi connectivity index (χ4n) is 4.15. The van der Waals surface area contributed by atoms with Crippen LogP contribution in [0.5, 0.6) is 5.75 Å². The Morgan fingerprint density at radius 2 is 1.71 bits per heavy atom. The highest BCUT2D eigenvalue weighted by Crippen LogP contribution is 2.29. The van der Waals surface area contributed by atoms with Gasteiger partial charge in [0.25, 0.3) is 5.91 Å². The standard InChI is InChI=1S/C21H26N4O3/c1-27-18-13-22-20(23-14-18)25-9-7-21(28-2,8-10-25)19(26)24-17-11-15-5-3-4-6-16(15)12-17/h3-6,13-14,17H,7-12H2,1-2H3,(H,24,26). The van der Waals surface area contributed by atoms with E-state index in [1.807, 2.05) is 0 Å². The molecule has 0 spiro atoms. The Morgan fingerprint density at radius 3 is 2.25 bits per heavy atom. The second-order valence-corrected chi connectivity index (χ2v) is 7.46. The third-order valence-corrected chi connectivity index (χ3v) is 5.89. The molecule has 1 saturated heterocycles. The van der Waals surface area contributed by atoms with E-state index >= 15 is 0 Å². The number of hydrogen-bond donors (Lipinski definition) is 1. The number of carbonyl (C=O) groups excluding carboxylic acids is 1. The largest absolute Gasteiger partial charge is 0.494 e. The van der Waals surface area contributed by atoms with Crippen LogP contribution in [0, 0.1) is 0 Å². The fourth-order valence-corrected chi connectivity index (χ4v) is 4.15. The van der Waals surface area contributed by atoms with Crippen LogP contribution in [0.4, 0.5) is 5.95 Å². The lowest BCUT2D eigenvalue weighted by Crippen LogP contribution is -2.57. The van der Waals surface area contributed by atoms with Gasteiger partial charge in [0.2, 0.25) is 5.95 Å². The van der Waals surface area contributed by atoms with Crippen molar-refractivity contribution in [2.75, 3.05) is 32.2 Å². The second-order valence-electron chi connectivity index (χ2n) is 7.46. The second kappa shape index (κ2) is 7.75. The SMILES string of the molecule is COc1cnc(N2CCC(OC)(C(=O)NC3Cc4ccccc4C3)CC2)nc1. The van der Waals surface area contributed by atoms with Crippen molar-refractivity contribution < 1.29 is 14.3 Å². The van der Waals surface area contributed by atoms with Gasteiger partial charge in [-0.15, -0.1) is 0 Å². The van der Waals surface area contributed by atoms with Crippen LogP contribution < -0.4 is 15.0 Å². The number of piperidine rings is 1. The molecule has 2 heterocycles. The smallest absolute Gasteiger partial charge is 0.252 e. The molecule has 0 atom stereocenters. The molecule has 1 aliphatic heterocycles. The van der Waals surface area contributed by atoms with Gasteiger partial charge in [-0.05, 0) is 24.0 Å². The summed E-state index contributed by atoms with van der Waals surface area (Å²) in [6.07, 6.45) is 6.28. The van der Waals surface area contributed by atoms with Crippen molar-refractivity contribution in [3.8, 4) is 5.75 Å². The van der Waals surface area contributed by atoms with Gasteiger partial charge in [0.15, 0.2) is 5.75 Å². The molecule has 148 valence electrons. The molecule has 1 N–H and O–H groups in total. The number of nitrogens with one attached hydrogen (secondary N) is 1. The molecule has 1 aromatic carbocycles. The fraction of sp³-hybridized carbons (Fsp3) is 0.476. The Kier molecular flexibility index (Phi) is 5.17. The molecule has 4 rings (SSSR count). The summed E-state index contributed by atoms with van der Waals surface area (Å²) >= 11 is 0.